The Kier molecular flexibility index (Phi) is 4.26. The molecule has 4 rings (SSSR count). The number of hydrogen-bond acceptors (Lipinski definition) is 5. The van der Waals surface area contributed by atoms with Gasteiger partial charge in [0.15, 0.2) is 0 Å². The largest absolute Gasteiger partial charge is 0.339 e. The lowest BCUT2D eigenvalue weighted by atomic mass is 10.1. The van der Waals surface area contributed by atoms with Gasteiger partial charge in [-0.15, -0.1) is 0 Å². The molecule has 2 unspecified atom stereocenters. The summed E-state index contributed by atoms with van der Waals surface area (Å²) in [5.41, 5.74) is 10.1. The van der Waals surface area contributed by atoms with Crippen LogP contribution >= 0.6 is 0 Å². The second-order valence-electron chi connectivity index (χ2n) is 6.67. The Morgan fingerprint density at radius 2 is 1.96 bits per heavy atom. The molecule has 2 atom stereocenters. The fourth-order valence-electron chi connectivity index (χ4n) is 2.90. The van der Waals surface area contributed by atoms with Gasteiger partial charge < -0.3 is 14.8 Å². The van der Waals surface area contributed by atoms with Gasteiger partial charge in [0.25, 0.3) is 0 Å². The topological polar surface area (TPSA) is 82.8 Å². The first-order valence-corrected chi connectivity index (χ1v) is 8.70. The lowest BCUT2D eigenvalue weighted by Crippen LogP contribution is -2.22. The van der Waals surface area contributed by atoms with Gasteiger partial charge in [-0.1, -0.05) is 42.4 Å². The van der Waals surface area contributed by atoms with Crippen LogP contribution in [0.1, 0.15) is 31.2 Å². The Balaban J connectivity index is 1.61. The standard InChI is InChI=1S/C20H21N5O/c1-13(14(2)21)20-23-19(24-26-20)16-7-5-6-15(10-16)11-25-12-22-17-8-3-4-9-18(17)25/h3-10,12-14H,11,21H2,1-2H3. The van der Waals surface area contributed by atoms with E-state index >= 15 is 0 Å². The number of rotatable bonds is 5. The molecule has 2 aromatic carbocycles. The molecule has 0 amide bonds. The summed E-state index contributed by atoms with van der Waals surface area (Å²) in [6.45, 7) is 4.66. The highest BCUT2D eigenvalue weighted by molar-refractivity contribution is 5.75. The van der Waals surface area contributed by atoms with Gasteiger partial charge in [0.1, 0.15) is 0 Å². The van der Waals surface area contributed by atoms with Gasteiger partial charge in [0.2, 0.25) is 11.7 Å². The highest BCUT2D eigenvalue weighted by atomic mass is 16.5. The number of aromatic nitrogens is 4. The molecular formula is C20H21N5O. The number of para-hydroxylation sites is 2. The zero-order valence-corrected chi connectivity index (χ0v) is 14.8. The maximum atomic E-state index is 5.92. The van der Waals surface area contributed by atoms with E-state index in [1.165, 1.54) is 0 Å². The first kappa shape index (κ1) is 16.5. The minimum Gasteiger partial charge on any atom is -0.339 e. The molecule has 0 radical (unpaired) electrons. The van der Waals surface area contributed by atoms with Crippen LogP contribution in [-0.2, 0) is 6.54 Å². The molecule has 6 nitrogen and oxygen atoms in total. The maximum Gasteiger partial charge on any atom is 0.231 e. The van der Waals surface area contributed by atoms with E-state index in [1.54, 1.807) is 0 Å². The van der Waals surface area contributed by atoms with E-state index in [-0.39, 0.29) is 12.0 Å². The molecule has 0 bridgehead atoms. The van der Waals surface area contributed by atoms with Crippen LogP contribution in [0.25, 0.3) is 22.4 Å². The van der Waals surface area contributed by atoms with Crippen molar-refractivity contribution in [1.29, 1.82) is 0 Å². The summed E-state index contributed by atoms with van der Waals surface area (Å²) in [5.74, 6) is 1.18. The molecule has 0 aliphatic carbocycles. The van der Waals surface area contributed by atoms with Gasteiger partial charge in [-0.3, -0.25) is 0 Å². The number of fused-ring (bicyclic) bond motifs is 1. The van der Waals surface area contributed by atoms with Crippen molar-refractivity contribution in [2.45, 2.75) is 32.4 Å². The van der Waals surface area contributed by atoms with E-state index < -0.39 is 0 Å². The van der Waals surface area contributed by atoms with Crippen LogP contribution in [0.2, 0.25) is 0 Å². The van der Waals surface area contributed by atoms with Crippen LogP contribution in [0.5, 0.6) is 0 Å². The zero-order chi connectivity index (χ0) is 18.1. The smallest absolute Gasteiger partial charge is 0.231 e. The van der Waals surface area contributed by atoms with Crippen molar-refractivity contribution in [3.63, 3.8) is 0 Å². The Morgan fingerprint density at radius 1 is 1.12 bits per heavy atom. The first-order chi connectivity index (χ1) is 12.6. The van der Waals surface area contributed by atoms with Gasteiger partial charge in [0.05, 0.1) is 23.3 Å². The van der Waals surface area contributed by atoms with E-state index in [0.717, 1.165) is 28.7 Å². The van der Waals surface area contributed by atoms with Gasteiger partial charge in [-0.05, 0) is 30.7 Å². The molecule has 26 heavy (non-hydrogen) atoms. The lowest BCUT2D eigenvalue weighted by Gasteiger charge is -2.09. The van der Waals surface area contributed by atoms with Crippen LogP contribution in [-0.4, -0.2) is 25.7 Å². The average molecular weight is 347 g/mol. The molecule has 2 heterocycles. The summed E-state index contributed by atoms with van der Waals surface area (Å²) in [5, 5.41) is 4.12. The van der Waals surface area contributed by atoms with Crippen LogP contribution in [0.15, 0.2) is 59.4 Å². The normalized spacial score (nSPS) is 13.8. The monoisotopic (exact) mass is 347 g/mol. The molecule has 2 N–H and O–H groups in total. The fourth-order valence-corrected chi connectivity index (χ4v) is 2.90. The highest BCUT2D eigenvalue weighted by Gasteiger charge is 2.18. The van der Waals surface area contributed by atoms with Gasteiger partial charge in [-0.25, -0.2) is 4.98 Å². The van der Waals surface area contributed by atoms with Crippen molar-refractivity contribution in [2.24, 2.45) is 5.73 Å². The summed E-state index contributed by atoms with van der Waals surface area (Å²) in [7, 11) is 0. The Hall–Kier alpha value is -2.99. The van der Waals surface area contributed by atoms with Crippen molar-refractivity contribution in [3.05, 3.63) is 66.3 Å². The molecule has 0 saturated carbocycles. The van der Waals surface area contributed by atoms with Crippen molar-refractivity contribution < 1.29 is 4.52 Å². The van der Waals surface area contributed by atoms with E-state index in [0.29, 0.717) is 11.7 Å². The molecular weight excluding hydrogens is 326 g/mol. The Bertz CT molecular complexity index is 1030. The summed E-state index contributed by atoms with van der Waals surface area (Å²) >= 11 is 0. The number of nitrogens with two attached hydrogens (primary N) is 1. The fraction of sp³-hybridized carbons (Fsp3) is 0.250. The molecule has 0 aliphatic heterocycles. The molecule has 6 heteroatoms. The molecule has 4 aromatic rings. The summed E-state index contributed by atoms with van der Waals surface area (Å²) in [4.78, 5) is 8.96. The van der Waals surface area contributed by atoms with E-state index in [1.807, 2.05) is 50.5 Å². The third-order valence-corrected chi connectivity index (χ3v) is 4.69. The molecule has 0 saturated heterocycles. The third kappa shape index (κ3) is 3.11. The van der Waals surface area contributed by atoms with Crippen molar-refractivity contribution in [2.75, 3.05) is 0 Å². The molecule has 0 aliphatic rings. The summed E-state index contributed by atoms with van der Waals surface area (Å²) in [6.07, 6.45) is 1.87. The van der Waals surface area contributed by atoms with Crippen LogP contribution in [0.4, 0.5) is 0 Å². The molecule has 132 valence electrons. The van der Waals surface area contributed by atoms with Crippen molar-refractivity contribution >= 4 is 11.0 Å². The summed E-state index contributed by atoms with van der Waals surface area (Å²) < 4.78 is 7.52. The lowest BCUT2D eigenvalue weighted by molar-refractivity contribution is 0.347. The minimum atomic E-state index is -0.0378. The Labute approximate surface area is 151 Å². The SMILES string of the molecule is CC(N)C(C)c1nc(-c2cccc(Cn3cnc4ccccc43)c2)no1. The second kappa shape index (κ2) is 6.72. The minimum absolute atomic E-state index is 0.0248. The van der Waals surface area contributed by atoms with E-state index in [2.05, 4.69) is 37.9 Å². The van der Waals surface area contributed by atoms with Crippen molar-refractivity contribution in [1.82, 2.24) is 19.7 Å². The Morgan fingerprint density at radius 3 is 2.81 bits per heavy atom. The van der Waals surface area contributed by atoms with Crippen LogP contribution < -0.4 is 5.73 Å². The van der Waals surface area contributed by atoms with Gasteiger partial charge >= 0.3 is 0 Å². The number of hydrogen-bond donors (Lipinski definition) is 1. The number of benzene rings is 2. The highest BCUT2D eigenvalue weighted by Crippen LogP contribution is 2.23. The quantitative estimate of drug-likeness (QED) is 0.596. The third-order valence-electron chi connectivity index (χ3n) is 4.69. The number of nitrogens with zero attached hydrogens (tertiary/aromatic N) is 4. The average Bonchev–Trinajstić information content (AvgIpc) is 3.29. The number of imidazole rings is 1. The first-order valence-electron chi connectivity index (χ1n) is 8.70. The van der Waals surface area contributed by atoms with E-state index in [9.17, 15) is 0 Å². The second-order valence-corrected chi connectivity index (χ2v) is 6.67. The van der Waals surface area contributed by atoms with Gasteiger partial charge in [-0.2, -0.15) is 4.98 Å². The van der Waals surface area contributed by atoms with Gasteiger partial charge in [0, 0.05) is 18.2 Å². The molecule has 0 spiro atoms. The van der Waals surface area contributed by atoms with Crippen LogP contribution in [0.3, 0.4) is 0 Å². The van der Waals surface area contributed by atoms with E-state index in [4.69, 9.17) is 10.3 Å². The molecule has 2 aromatic heterocycles. The van der Waals surface area contributed by atoms with Crippen LogP contribution in [0, 0.1) is 0 Å². The van der Waals surface area contributed by atoms with Crippen molar-refractivity contribution in [3.8, 4) is 11.4 Å². The summed E-state index contributed by atoms with van der Waals surface area (Å²) in [6, 6.07) is 16.2. The maximum absolute atomic E-state index is 5.92. The predicted octanol–water partition coefficient (Wildman–Crippen LogP) is 3.59. The zero-order valence-electron chi connectivity index (χ0n) is 14.8. The predicted molar refractivity (Wildman–Crippen MR) is 101 cm³/mol. The molecule has 0 fully saturated rings.